The smallest absolute Gasteiger partial charge is 0.287 e. The molecule has 0 aromatic carbocycles. The summed E-state index contributed by atoms with van der Waals surface area (Å²) < 4.78 is 26.3. The number of rotatable bonds is 10. The minimum absolute atomic E-state index is 0.0103. The van der Waals surface area contributed by atoms with Crippen molar-refractivity contribution in [3.05, 3.63) is 0 Å². The van der Waals surface area contributed by atoms with Gasteiger partial charge in [0.15, 0.2) is 0 Å². The number of hydrogen-bond acceptors (Lipinski definition) is 8. The zero-order chi connectivity index (χ0) is 13.0. The summed E-state index contributed by atoms with van der Waals surface area (Å²) in [5.41, 5.74) is 0. The molecule has 0 heterocycles. The van der Waals surface area contributed by atoms with Gasteiger partial charge in [0.05, 0.1) is 32.9 Å². The number of carbonyl (C=O) groups excluding carboxylic acids is 2. The van der Waals surface area contributed by atoms with Crippen LogP contribution in [0.25, 0.3) is 0 Å². The van der Waals surface area contributed by atoms with Crippen molar-refractivity contribution < 1.29 is 27.7 Å². The van der Waals surface area contributed by atoms with Crippen LogP contribution in [0, 0.1) is 0 Å². The predicted octanol–water partition coefficient (Wildman–Crippen LogP) is 0.836. The minimum atomic E-state index is -3.68. The van der Waals surface area contributed by atoms with Crippen LogP contribution >= 0.6 is 7.82 Å². The topological polar surface area (TPSA) is 104 Å². The first kappa shape index (κ1) is 15.9. The molecule has 0 atom stereocenters. The third-order valence-electron chi connectivity index (χ3n) is 1.32. The number of phosphoric ester groups is 1. The van der Waals surface area contributed by atoms with E-state index in [0.29, 0.717) is 0 Å². The normalized spacial score (nSPS) is 13.2. The highest BCUT2D eigenvalue weighted by atomic mass is 31.2. The SMILES string of the molecule is CCOP(=O)(OCCN=C=O)OCCN=C=O. The van der Waals surface area contributed by atoms with Crippen molar-refractivity contribution in [3.8, 4) is 0 Å². The van der Waals surface area contributed by atoms with E-state index < -0.39 is 7.82 Å². The molecule has 0 amide bonds. The number of nitrogens with zero attached hydrogens (tertiary/aromatic N) is 2. The van der Waals surface area contributed by atoms with Crippen molar-refractivity contribution in [1.82, 2.24) is 0 Å². The first-order chi connectivity index (χ1) is 8.18. The Morgan fingerprint density at radius 2 is 1.47 bits per heavy atom. The van der Waals surface area contributed by atoms with Crippen LogP contribution in [0.5, 0.6) is 0 Å². The number of phosphoric acid groups is 1. The van der Waals surface area contributed by atoms with Crippen LogP contribution in [0.1, 0.15) is 6.92 Å². The largest absolute Gasteiger partial charge is 0.474 e. The van der Waals surface area contributed by atoms with Gasteiger partial charge < -0.3 is 0 Å². The highest BCUT2D eigenvalue weighted by Gasteiger charge is 2.25. The number of isocyanates is 2. The number of aliphatic imine (C=N–C) groups is 2. The lowest BCUT2D eigenvalue weighted by atomic mass is 10.7. The molecule has 0 rings (SSSR count). The quantitative estimate of drug-likeness (QED) is 0.250. The lowest BCUT2D eigenvalue weighted by Gasteiger charge is -2.15. The van der Waals surface area contributed by atoms with E-state index in [2.05, 4.69) is 9.98 Å². The van der Waals surface area contributed by atoms with Gasteiger partial charge in [0.25, 0.3) is 0 Å². The van der Waals surface area contributed by atoms with Crippen molar-refractivity contribution in [2.45, 2.75) is 6.92 Å². The molecule has 0 aromatic heterocycles. The molecule has 0 aliphatic heterocycles. The third-order valence-corrected chi connectivity index (χ3v) is 2.89. The van der Waals surface area contributed by atoms with Crippen LogP contribution in [-0.2, 0) is 27.7 Å². The summed E-state index contributed by atoms with van der Waals surface area (Å²) in [4.78, 5) is 26.0. The Hall–Kier alpha value is -1.13. The van der Waals surface area contributed by atoms with E-state index in [-0.39, 0.29) is 32.9 Å². The Morgan fingerprint density at radius 1 is 1.00 bits per heavy atom. The molecule has 0 spiro atoms. The van der Waals surface area contributed by atoms with Gasteiger partial charge in [0.1, 0.15) is 0 Å². The van der Waals surface area contributed by atoms with Crippen molar-refractivity contribution in [2.24, 2.45) is 9.98 Å². The Labute approximate surface area is 98.3 Å². The first-order valence-electron chi connectivity index (χ1n) is 4.79. The second-order valence-corrected chi connectivity index (χ2v) is 4.15. The zero-order valence-electron chi connectivity index (χ0n) is 9.33. The molecule has 0 bridgehead atoms. The summed E-state index contributed by atoms with van der Waals surface area (Å²) >= 11 is 0. The molecule has 0 saturated carbocycles. The van der Waals surface area contributed by atoms with E-state index in [9.17, 15) is 14.2 Å². The predicted molar refractivity (Wildman–Crippen MR) is 57.1 cm³/mol. The fraction of sp³-hybridized carbons (Fsp3) is 0.750. The standard InChI is InChI=1S/C8H13N2O6P/c1-2-14-17(13,15-5-3-9-7-11)16-6-4-10-8-12/h2-6H2,1H3. The van der Waals surface area contributed by atoms with Gasteiger partial charge >= 0.3 is 7.82 Å². The van der Waals surface area contributed by atoms with Crippen LogP contribution in [0.3, 0.4) is 0 Å². The second-order valence-electron chi connectivity index (χ2n) is 2.48. The van der Waals surface area contributed by atoms with Gasteiger partial charge in [-0.15, -0.1) is 0 Å². The maximum Gasteiger partial charge on any atom is 0.474 e. The van der Waals surface area contributed by atoms with Crippen LogP contribution in [0.15, 0.2) is 9.98 Å². The summed E-state index contributed by atoms with van der Waals surface area (Å²) in [5.74, 6) is 0. The van der Waals surface area contributed by atoms with Crippen LogP contribution < -0.4 is 0 Å². The molecule has 17 heavy (non-hydrogen) atoms. The van der Waals surface area contributed by atoms with E-state index in [1.165, 1.54) is 12.2 Å². The van der Waals surface area contributed by atoms with E-state index in [1.807, 2.05) is 0 Å². The van der Waals surface area contributed by atoms with Crippen LogP contribution in [0.4, 0.5) is 0 Å². The molecule has 0 aromatic rings. The molecule has 96 valence electrons. The van der Waals surface area contributed by atoms with E-state index in [4.69, 9.17) is 13.6 Å². The average molecular weight is 264 g/mol. The Balaban J connectivity index is 4.09. The number of hydrogen-bond donors (Lipinski definition) is 0. The highest BCUT2D eigenvalue weighted by Crippen LogP contribution is 2.48. The summed E-state index contributed by atoms with van der Waals surface area (Å²) in [7, 11) is -3.68. The molecule has 8 nitrogen and oxygen atoms in total. The fourth-order valence-electron chi connectivity index (χ4n) is 0.758. The lowest BCUT2D eigenvalue weighted by molar-refractivity contribution is 0.122. The minimum Gasteiger partial charge on any atom is -0.287 e. The monoisotopic (exact) mass is 264 g/mol. The van der Waals surface area contributed by atoms with E-state index in [0.717, 1.165) is 0 Å². The molecule has 0 aliphatic carbocycles. The molecule has 0 unspecified atom stereocenters. The van der Waals surface area contributed by atoms with Crippen molar-refractivity contribution >= 4 is 20.0 Å². The Morgan fingerprint density at radius 3 is 1.82 bits per heavy atom. The van der Waals surface area contributed by atoms with Crippen molar-refractivity contribution in [3.63, 3.8) is 0 Å². The second kappa shape index (κ2) is 10.1. The zero-order valence-corrected chi connectivity index (χ0v) is 10.2. The molecule has 0 aliphatic rings. The molecule has 0 saturated heterocycles. The molecule has 9 heteroatoms. The van der Waals surface area contributed by atoms with E-state index >= 15 is 0 Å². The summed E-state index contributed by atoms with van der Waals surface area (Å²) in [6, 6.07) is 0. The molecular formula is C8H13N2O6P. The lowest BCUT2D eigenvalue weighted by Crippen LogP contribution is -2.05. The first-order valence-corrected chi connectivity index (χ1v) is 6.25. The Bertz CT molecular complexity index is 320. The molecule has 0 fully saturated rings. The third kappa shape index (κ3) is 8.65. The summed E-state index contributed by atoms with van der Waals surface area (Å²) in [6.07, 6.45) is 2.62. The van der Waals surface area contributed by atoms with Crippen LogP contribution in [-0.4, -0.2) is 45.1 Å². The van der Waals surface area contributed by atoms with Gasteiger partial charge in [-0.25, -0.2) is 24.1 Å². The highest BCUT2D eigenvalue weighted by molar-refractivity contribution is 7.48. The van der Waals surface area contributed by atoms with Gasteiger partial charge in [-0.05, 0) is 6.92 Å². The van der Waals surface area contributed by atoms with Gasteiger partial charge in [0, 0.05) is 0 Å². The van der Waals surface area contributed by atoms with Gasteiger partial charge in [-0.1, -0.05) is 0 Å². The summed E-state index contributed by atoms with van der Waals surface area (Å²) in [5, 5.41) is 0. The van der Waals surface area contributed by atoms with Crippen molar-refractivity contribution in [1.29, 1.82) is 0 Å². The molecule has 0 radical (unpaired) electrons. The van der Waals surface area contributed by atoms with Gasteiger partial charge in [0.2, 0.25) is 12.2 Å². The maximum atomic E-state index is 11.8. The Kier molecular flexibility index (Phi) is 9.38. The maximum absolute atomic E-state index is 11.8. The molecular weight excluding hydrogens is 251 g/mol. The fourth-order valence-corrected chi connectivity index (χ4v) is 1.91. The van der Waals surface area contributed by atoms with Gasteiger partial charge in [-0.2, -0.15) is 0 Å². The van der Waals surface area contributed by atoms with Crippen molar-refractivity contribution in [2.75, 3.05) is 32.9 Å². The van der Waals surface area contributed by atoms with E-state index in [1.54, 1.807) is 6.92 Å². The average Bonchev–Trinajstić information content (AvgIpc) is 2.31. The van der Waals surface area contributed by atoms with Gasteiger partial charge in [-0.3, -0.25) is 13.6 Å². The van der Waals surface area contributed by atoms with Crippen LogP contribution in [0.2, 0.25) is 0 Å². The molecule has 0 N–H and O–H groups in total. The summed E-state index contributed by atoms with van der Waals surface area (Å²) in [6.45, 7) is 1.58.